The molecule has 8 aromatic carbocycles. The summed E-state index contributed by atoms with van der Waals surface area (Å²) in [4.78, 5) is 16.2. The molecular weight excluding hydrogens is 817 g/mol. The Kier molecular flexibility index (Phi) is 8.58. The number of rotatable bonds is 6. The second-order valence-corrected chi connectivity index (χ2v) is 19.0. The van der Waals surface area contributed by atoms with Crippen molar-refractivity contribution >= 4 is 90.4 Å². The molecule has 4 aromatic heterocycles. The molecule has 0 aliphatic heterocycles. The Hall–Kier alpha value is -7.51. The van der Waals surface area contributed by atoms with E-state index in [1.165, 1.54) is 67.7 Å². The molecule has 1 aliphatic rings. The Morgan fingerprint density at radius 1 is 0.438 bits per heavy atom. The van der Waals surface area contributed by atoms with Gasteiger partial charge >= 0.3 is 0 Å². The number of hydrogen-bond acceptors (Lipinski definition) is 5. The Morgan fingerprint density at radius 2 is 0.922 bits per heavy atom. The quantitative estimate of drug-likeness (QED) is 0.167. The normalized spacial score (nSPS) is 14.1. The molecule has 0 saturated heterocycles. The lowest BCUT2D eigenvalue weighted by atomic mass is 9.88. The van der Waals surface area contributed by atoms with Gasteiger partial charge in [0.05, 0.1) is 16.7 Å². The summed E-state index contributed by atoms with van der Waals surface area (Å²) < 4.78 is 7.44. The van der Waals surface area contributed by atoms with E-state index in [0.717, 1.165) is 45.5 Å². The highest BCUT2D eigenvalue weighted by Crippen LogP contribution is 2.44. The molecule has 6 heteroatoms. The van der Waals surface area contributed by atoms with Crippen LogP contribution in [0.15, 0.2) is 194 Å². The molecular formula is C58H38N4S2. The van der Waals surface area contributed by atoms with Crippen molar-refractivity contribution in [1.29, 1.82) is 0 Å². The van der Waals surface area contributed by atoms with Gasteiger partial charge in [-0.15, -0.1) is 22.7 Å². The highest BCUT2D eigenvalue weighted by Gasteiger charge is 2.24. The molecule has 0 N–H and O–H groups in total. The SMILES string of the molecule is CC1C=C(c2cc(-c3nc(-c4ccc5c(c4)sc4ccccc45)nc(-c4ccc5c(c4)sc4ccccc45)n3)cc(-c3ccccc3)c2-n2c3ccccc3c3ccccc32)C=CC1. The molecule has 0 saturated carbocycles. The molecule has 0 bridgehead atoms. The summed E-state index contributed by atoms with van der Waals surface area (Å²) in [5.41, 5.74) is 10.9. The smallest absolute Gasteiger partial charge is 0.164 e. The van der Waals surface area contributed by atoms with Gasteiger partial charge in [-0.2, -0.15) is 0 Å². The van der Waals surface area contributed by atoms with Crippen LogP contribution >= 0.6 is 22.7 Å². The zero-order valence-corrected chi connectivity index (χ0v) is 36.5. The van der Waals surface area contributed by atoms with Gasteiger partial charge in [-0.25, -0.2) is 15.0 Å². The van der Waals surface area contributed by atoms with Crippen LogP contribution in [0.3, 0.4) is 0 Å². The predicted molar refractivity (Wildman–Crippen MR) is 273 cm³/mol. The van der Waals surface area contributed by atoms with Crippen LogP contribution in [0, 0.1) is 5.92 Å². The summed E-state index contributed by atoms with van der Waals surface area (Å²) in [6.45, 7) is 2.30. The largest absolute Gasteiger partial charge is 0.308 e. The lowest BCUT2D eigenvalue weighted by Gasteiger charge is -2.23. The monoisotopic (exact) mass is 854 g/mol. The molecule has 12 aromatic rings. The summed E-state index contributed by atoms with van der Waals surface area (Å²) in [5, 5.41) is 7.49. The lowest BCUT2D eigenvalue weighted by Crippen LogP contribution is -2.06. The molecule has 302 valence electrons. The maximum Gasteiger partial charge on any atom is 0.164 e. The number of allylic oxidation sites excluding steroid dienone is 4. The minimum Gasteiger partial charge on any atom is -0.308 e. The summed E-state index contributed by atoms with van der Waals surface area (Å²) in [5.74, 6) is 2.32. The van der Waals surface area contributed by atoms with Crippen molar-refractivity contribution in [2.75, 3.05) is 0 Å². The number of hydrogen-bond donors (Lipinski definition) is 0. The van der Waals surface area contributed by atoms with E-state index in [-0.39, 0.29) is 0 Å². The van der Waals surface area contributed by atoms with Crippen LogP contribution in [0.25, 0.3) is 119 Å². The third-order valence-electron chi connectivity index (χ3n) is 12.7. The molecule has 1 unspecified atom stereocenters. The van der Waals surface area contributed by atoms with Gasteiger partial charge in [0.2, 0.25) is 0 Å². The molecule has 0 radical (unpaired) electrons. The standard InChI is InChI=1S/C58H38N4S2/c1-35-14-13-17-37(30-35)48-32-40(31-47(36-15-3-2-4-16-36)55(48)62-49-22-9-5-18-41(49)42-19-6-10-23-50(42)62)58-60-56(38-26-28-45-43-20-7-11-24-51(43)63-53(45)33-38)59-57(61-58)39-27-29-46-44-21-8-12-25-52(44)64-54(46)34-39/h2-13,15-35H,14H2,1H3. The first-order chi connectivity index (χ1) is 31.6. The highest BCUT2D eigenvalue weighted by molar-refractivity contribution is 7.26. The number of benzene rings is 8. The van der Waals surface area contributed by atoms with Gasteiger partial charge in [0.15, 0.2) is 17.5 Å². The van der Waals surface area contributed by atoms with Gasteiger partial charge in [0, 0.05) is 78.9 Å². The maximum absolute atomic E-state index is 5.43. The molecule has 13 rings (SSSR count). The summed E-state index contributed by atoms with van der Waals surface area (Å²) in [6.07, 6.45) is 8.05. The Labute approximate surface area is 377 Å². The van der Waals surface area contributed by atoms with Gasteiger partial charge in [-0.1, -0.05) is 153 Å². The second kappa shape index (κ2) is 14.8. The minimum atomic E-state index is 0.387. The van der Waals surface area contributed by atoms with Gasteiger partial charge in [-0.3, -0.25) is 0 Å². The van der Waals surface area contributed by atoms with E-state index in [1.807, 2.05) is 22.7 Å². The molecule has 4 nitrogen and oxygen atoms in total. The van der Waals surface area contributed by atoms with E-state index in [0.29, 0.717) is 23.4 Å². The van der Waals surface area contributed by atoms with Crippen LogP contribution in [-0.2, 0) is 0 Å². The van der Waals surface area contributed by atoms with Crippen LogP contribution in [0.5, 0.6) is 0 Å². The summed E-state index contributed by atoms with van der Waals surface area (Å²) >= 11 is 3.62. The van der Waals surface area contributed by atoms with Gasteiger partial charge in [0.25, 0.3) is 0 Å². The van der Waals surface area contributed by atoms with Crippen LogP contribution in [-0.4, -0.2) is 19.5 Å². The van der Waals surface area contributed by atoms with E-state index in [9.17, 15) is 0 Å². The highest BCUT2D eigenvalue weighted by atomic mass is 32.1. The van der Waals surface area contributed by atoms with Crippen molar-refractivity contribution in [2.24, 2.45) is 5.92 Å². The first-order valence-electron chi connectivity index (χ1n) is 21.8. The summed E-state index contributed by atoms with van der Waals surface area (Å²) in [7, 11) is 0. The van der Waals surface area contributed by atoms with E-state index < -0.39 is 0 Å². The first kappa shape index (κ1) is 37.1. The third kappa shape index (κ3) is 6.05. The average Bonchev–Trinajstić information content (AvgIpc) is 4.03. The number of nitrogens with zero attached hydrogens (tertiary/aromatic N) is 4. The number of thiophene rings is 2. The van der Waals surface area contributed by atoms with Gasteiger partial charge < -0.3 is 4.57 Å². The summed E-state index contributed by atoms with van der Waals surface area (Å²) in [6, 6.07) is 63.6. The molecule has 0 fully saturated rings. The third-order valence-corrected chi connectivity index (χ3v) is 15.0. The zero-order valence-electron chi connectivity index (χ0n) is 34.9. The Balaban J connectivity index is 1.10. The molecule has 64 heavy (non-hydrogen) atoms. The minimum absolute atomic E-state index is 0.387. The van der Waals surface area contributed by atoms with E-state index in [4.69, 9.17) is 15.0 Å². The average molecular weight is 855 g/mol. The molecule has 1 aliphatic carbocycles. The van der Waals surface area contributed by atoms with Crippen molar-refractivity contribution in [2.45, 2.75) is 13.3 Å². The maximum atomic E-state index is 5.43. The van der Waals surface area contributed by atoms with Crippen LogP contribution in [0.1, 0.15) is 18.9 Å². The van der Waals surface area contributed by atoms with Crippen molar-refractivity contribution in [3.63, 3.8) is 0 Å². The topological polar surface area (TPSA) is 43.6 Å². The van der Waals surface area contributed by atoms with Crippen molar-refractivity contribution in [3.05, 3.63) is 200 Å². The van der Waals surface area contributed by atoms with Crippen molar-refractivity contribution < 1.29 is 0 Å². The molecule has 0 spiro atoms. The first-order valence-corrected chi connectivity index (χ1v) is 23.5. The lowest BCUT2D eigenvalue weighted by molar-refractivity contribution is 0.740. The fourth-order valence-electron chi connectivity index (χ4n) is 9.74. The van der Waals surface area contributed by atoms with Crippen molar-refractivity contribution in [3.8, 4) is 51.0 Å². The van der Waals surface area contributed by atoms with Crippen LogP contribution < -0.4 is 0 Å². The fraction of sp³-hybridized carbons (Fsp3) is 0.0517. The number of aromatic nitrogens is 4. The van der Waals surface area contributed by atoms with Crippen molar-refractivity contribution in [1.82, 2.24) is 19.5 Å². The van der Waals surface area contributed by atoms with Gasteiger partial charge in [0.1, 0.15) is 0 Å². The number of para-hydroxylation sites is 2. The molecule has 4 heterocycles. The zero-order chi connectivity index (χ0) is 42.3. The second-order valence-electron chi connectivity index (χ2n) is 16.8. The van der Waals surface area contributed by atoms with E-state index >= 15 is 0 Å². The van der Waals surface area contributed by atoms with Crippen LogP contribution in [0.2, 0.25) is 0 Å². The number of fused-ring (bicyclic) bond motifs is 9. The Morgan fingerprint density at radius 3 is 1.50 bits per heavy atom. The predicted octanol–water partition coefficient (Wildman–Crippen LogP) is 16.4. The van der Waals surface area contributed by atoms with E-state index in [1.54, 1.807) is 0 Å². The molecule has 1 atom stereocenters. The molecule has 0 amide bonds. The van der Waals surface area contributed by atoms with Crippen LogP contribution in [0.4, 0.5) is 0 Å². The van der Waals surface area contributed by atoms with E-state index in [2.05, 4.69) is 206 Å². The van der Waals surface area contributed by atoms with Gasteiger partial charge in [-0.05, 0) is 72.0 Å². The Bertz CT molecular complexity index is 3720. The fourth-order valence-corrected chi connectivity index (χ4v) is 12.0.